The molecule has 12 heavy (non-hydrogen) atoms. The molecule has 0 spiro atoms. The lowest BCUT2D eigenvalue weighted by Gasteiger charge is -2.16. The molecule has 1 rings (SSSR count). The Bertz CT molecular complexity index is 156. The first kappa shape index (κ1) is 9.72. The van der Waals surface area contributed by atoms with Gasteiger partial charge in [-0.2, -0.15) is 0 Å². The van der Waals surface area contributed by atoms with Crippen molar-refractivity contribution in [3.05, 3.63) is 12.2 Å². The van der Waals surface area contributed by atoms with E-state index < -0.39 is 6.17 Å². The average molecular weight is 172 g/mol. The van der Waals surface area contributed by atoms with E-state index >= 15 is 0 Å². The maximum Gasteiger partial charge on any atom is 0.105 e. The number of rotatable bonds is 3. The number of aliphatic hydroxyl groups excluding tert-OH is 1. The molecule has 0 aliphatic heterocycles. The second kappa shape index (κ2) is 4.61. The fourth-order valence-corrected chi connectivity index (χ4v) is 1.96. The summed E-state index contributed by atoms with van der Waals surface area (Å²) < 4.78 is 13.1. The van der Waals surface area contributed by atoms with E-state index in [1.165, 1.54) is 0 Å². The number of aliphatic hydroxyl groups is 1. The van der Waals surface area contributed by atoms with Crippen LogP contribution in [0.3, 0.4) is 0 Å². The van der Waals surface area contributed by atoms with E-state index in [1.807, 2.05) is 13.0 Å². The Morgan fingerprint density at radius 3 is 2.83 bits per heavy atom. The molecule has 0 aromatic rings. The molecule has 0 aromatic heterocycles. The maximum atomic E-state index is 13.1. The predicted molar refractivity (Wildman–Crippen MR) is 47.6 cm³/mol. The zero-order valence-electron chi connectivity index (χ0n) is 7.54. The first-order valence-corrected chi connectivity index (χ1v) is 4.65. The molecule has 0 saturated heterocycles. The second-order valence-corrected chi connectivity index (χ2v) is 3.50. The largest absolute Gasteiger partial charge is 0.396 e. The lowest BCUT2D eigenvalue weighted by Crippen LogP contribution is -2.19. The third kappa shape index (κ3) is 2.07. The zero-order chi connectivity index (χ0) is 8.97. The summed E-state index contributed by atoms with van der Waals surface area (Å²) in [6.45, 7) is 1.97. The zero-order valence-corrected chi connectivity index (χ0v) is 7.54. The van der Waals surface area contributed by atoms with Gasteiger partial charge in [0.15, 0.2) is 0 Å². The van der Waals surface area contributed by atoms with Crippen LogP contribution in [0.4, 0.5) is 4.39 Å². The number of hydrogen-bond donors (Lipinski definition) is 1. The highest BCUT2D eigenvalue weighted by atomic mass is 19.1. The molecule has 1 N–H and O–H groups in total. The number of alkyl halides is 1. The van der Waals surface area contributed by atoms with Crippen LogP contribution in [0.2, 0.25) is 0 Å². The molecule has 0 radical (unpaired) electrons. The number of hydrogen-bond acceptors (Lipinski definition) is 1. The lowest BCUT2D eigenvalue weighted by atomic mass is 9.93. The Hall–Kier alpha value is -0.370. The highest BCUT2D eigenvalue weighted by Crippen LogP contribution is 2.36. The highest BCUT2D eigenvalue weighted by Gasteiger charge is 2.34. The highest BCUT2D eigenvalue weighted by molar-refractivity contribution is 4.90. The van der Waals surface area contributed by atoms with Gasteiger partial charge in [-0.1, -0.05) is 12.2 Å². The number of allylic oxidation sites excluding steroid dienone is 2. The van der Waals surface area contributed by atoms with Crippen molar-refractivity contribution in [2.24, 2.45) is 11.8 Å². The summed E-state index contributed by atoms with van der Waals surface area (Å²) in [5.41, 5.74) is 0. The summed E-state index contributed by atoms with van der Waals surface area (Å²) in [4.78, 5) is 0. The molecule has 2 unspecified atom stereocenters. The second-order valence-electron chi connectivity index (χ2n) is 3.50. The van der Waals surface area contributed by atoms with Crippen LogP contribution in [-0.4, -0.2) is 17.9 Å². The smallest absolute Gasteiger partial charge is 0.105 e. The van der Waals surface area contributed by atoms with Gasteiger partial charge in [0.2, 0.25) is 0 Å². The Balaban J connectivity index is 2.42. The van der Waals surface area contributed by atoms with Gasteiger partial charge in [0.25, 0.3) is 0 Å². The van der Waals surface area contributed by atoms with Crippen molar-refractivity contribution >= 4 is 0 Å². The van der Waals surface area contributed by atoms with Gasteiger partial charge < -0.3 is 5.11 Å². The van der Waals surface area contributed by atoms with Crippen molar-refractivity contribution in [1.29, 1.82) is 0 Å². The molecule has 70 valence electrons. The van der Waals surface area contributed by atoms with Gasteiger partial charge >= 0.3 is 0 Å². The third-order valence-corrected chi connectivity index (χ3v) is 2.77. The van der Waals surface area contributed by atoms with Crippen LogP contribution in [-0.2, 0) is 0 Å². The van der Waals surface area contributed by atoms with E-state index in [4.69, 9.17) is 5.11 Å². The minimum Gasteiger partial charge on any atom is -0.396 e. The summed E-state index contributed by atoms with van der Waals surface area (Å²) in [5.74, 6) is 0.252. The molecule has 0 amide bonds. The molecule has 0 heterocycles. The molecule has 1 aliphatic rings. The van der Waals surface area contributed by atoms with Gasteiger partial charge in [0.1, 0.15) is 6.17 Å². The molecule has 1 aliphatic carbocycles. The summed E-state index contributed by atoms with van der Waals surface area (Å²) in [7, 11) is 0. The van der Waals surface area contributed by atoms with Gasteiger partial charge in [-0.15, -0.1) is 0 Å². The van der Waals surface area contributed by atoms with Crippen LogP contribution >= 0.6 is 0 Å². The van der Waals surface area contributed by atoms with E-state index in [2.05, 4.69) is 6.08 Å². The van der Waals surface area contributed by atoms with Gasteiger partial charge in [-0.3, -0.25) is 0 Å². The summed E-state index contributed by atoms with van der Waals surface area (Å²) in [5, 5.41) is 8.94. The molecule has 3 atom stereocenters. The van der Waals surface area contributed by atoms with Gasteiger partial charge in [0.05, 0.1) is 0 Å². The number of halogens is 1. The topological polar surface area (TPSA) is 20.2 Å². The monoisotopic (exact) mass is 172 g/mol. The van der Waals surface area contributed by atoms with Crippen molar-refractivity contribution in [2.75, 3.05) is 6.61 Å². The van der Waals surface area contributed by atoms with Crippen LogP contribution in [0.1, 0.15) is 26.2 Å². The first-order valence-electron chi connectivity index (χ1n) is 4.65. The minimum absolute atomic E-state index is 0.00336. The molecular weight excluding hydrogens is 155 g/mol. The predicted octanol–water partition coefficient (Wildman–Crippen LogP) is 2.31. The Labute approximate surface area is 73.3 Å². The third-order valence-electron chi connectivity index (χ3n) is 2.77. The van der Waals surface area contributed by atoms with Crippen LogP contribution in [0.5, 0.6) is 0 Å². The molecular formula is C10H17FO. The normalized spacial score (nSPS) is 36.4. The van der Waals surface area contributed by atoms with E-state index in [0.29, 0.717) is 12.3 Å². The van der Waals surface area contributed by atoms with Crippen molar-refractivity contribution in [3.8, 4) is 0 Å². The maximum absolute atomic E-state index is 13.1. The van der Waals surface area contributed by atoms with E-state index in [-0.39, 0.29) is 12.5 Å². The first-order chi connectivity index (χ1) is 5.79. The fraction of sp³-hybridized carbons (Fsp3) is 0.800. The minimum atomic E-state index is -0.773. The molecule has 1 nitrogen and oxygen atoms in total. The van der Waals surface area contributed by atoms with E-state index in [9.17, 15) is 4.39 Å². The van der Waals surface area contributed by atoms with Crippen LogP contribution < -0.4 is 0 Å². The van der Waals surface area contributed by atoms with Gasteiger partial charge in [-0.05, 0) is 32.1 Å². The van der Waals surface area contributed by atoms with Crippen LogP contribution in [0.15, 0.2) is 12.2 Å². The standard InChI is InChI=1S/C10H17FO/c1-2-3-4-8-5-6-10(11)9(8)7-12/h2-3,8-10,12H,4-7H2,1H3/b3-2-/t8-,9?,10?/m0/s1. The molecule has 2 heteroatoms. The average Bonchev–Trinajstić information content (AvgIpc) is 2.43. The van der Waals surface area contributed by atoms with Crippen LogP contribution in [0, 0.1) is 11.8 Å². The SMILES string of the molecule is C/C=C\C[C@H]1CCC(F)C1CO. The summed E-state index contributed by atoms with van der Waals surface area (Å²) in [6.07, 6.45) is 5.75. The van der Waals surface area contributed by atoms with E-state index in [1.54, 1.807) is 0 Å². The molecule has 0 bridgehead atoms. The molecule has 0 aromatic carbocycles. The van der Waals surface area contributed by atoms with Crippen molar-refractivity contribution in [2.45, 2.75) is 32.4 Å². The van der Waals surface area contributed by atoms with Crippen molar-refractivity contribution in [3.63, 3.8) is 0 Å². The summed E-state index contributed by atoms with van der Waals surface area (Å²) >= 11 is 0. The van der Waals surface area contributed by atoms with Crippen molar-refractivity contribution < 1.29 is 9.50 Å². The Morgan fingerprint density at radius 1 is 1.50 bits per heavy atom. The quantitative estimate of drug-likeness (QED) is 0.648. The molecule has 1 fully saturated rings. The molecule has 1 saturated carbocycles. The summed E-state index contributed by atoms with van der Waals surface area (Å²) in [6, 6.07) is 0. The lowest BCUT2D eigenvalue weighted by molar-refractivity contribution is 0.134. The van der Waals surface area contributed by atoms with Crippen molar-refractivity contribution in [1.82, 2.24) is 0 Å². The van der Waals surface area contributed by atoms with Gasteiger partial charge in [0, 0.05) is 12.5 Å². The van der Waals surface area contributed by atoms with Crippen LogP contribution in [0.25, 0.3) is 0 Å². The Morgan fingerprint density at radius 2 is 2.25 bits per heavy atom. The van der Waals surface area contributed by atoms with E-state index in [0.717, 1.165) is 12.8 Å². The fourth-order valence-electron chi connectivity index (χ4n) is 1.96. The van der Waals surface area contributed by atoms with Gasteiger partial charge in [-0.25, -0.2) is 4.39 Å². The Kier molecular flexibility index (Phi) is 3.73.